The Kier molecular flexibility index (Phi) is 4.33. The molecule has 1 amide bonds. The number of hydrogen-bond donors (Lipinski definition) is 1. The lowest BCUT2D eigenvalue weighted by molar-refractivity contribution is 0.0917. The van der Waals surface area contributed by atoms with Crippen LogP contribution in [0.25, 0.3) is 11.0 Å². The Hall–Kier alpha value is -2.75. The molecule has 3 aromatic rings. The molecule has 0 saturated heterocycles. The Labute approximate surface area is 135 Å². The number of amides is 1. The lowest BCUT2D eigenvalue weighted by Crippen LogP contribution is -2.23. The first-order valence-electron chi connectivity index (χ1n) is 7.65. The van der Waals surface area contributed by atoms with Crippen molar-refractivity contribution >= 4 is 16.9 Å². The molecule has 0 fully saturated rings. The van der Waals surface area contributed by atoms with E-state index in [9.17, 15) is 4.79 Å². The molecule has 0 saturated carbocycles. The molecule has 23 heavy (non-hydrogen) atoms. The summed E-state index contributed by atoms with van der Waals surface area (Å²) >= 11 is 0. The quantitative estimate of drug-likeness (QED) is 0.770. The Morgan fingerprint density at radius 2 is 1.78 bits per heavy atom. The molecule has 2 aromatic carbocycles. The monoisotopic (exact) mass is 309 g/mol. The topological polar surface area (TPSA) is 51.5 Å². The van der Waals surface area contributed by atoms with Gasteiger partial charge in [-0.1, -0.05) is 42.5 Å². The lowest BCUT2D eigenvalue weighted by atomic mass is 10.2. The standard InChI is InChI=1S/C19H19NO3/c1-13(2)22-17-15-10-6-7-11-16(15)23-18(17)19(21)20-12-14-8-4-3-5-9-14/h3-11,13H,12H2,1-2H3,(H,20,21). The molecule has 0 radical (unpaired) electrons. The fourth-order valence-electron chi connectivity index (χ4n) is 2.38. The van der Waals surface area contributed by atoms with E-state index in [1.165, 1.54) is 0 Å². The van der Waals surface area contributed by atoms with E-state index in [1.54, 1.807) is 0 Å². The summed E-state index contributed by atoms with van der Waals surface area (Å²) in [5.74, 6) is 0.442. The fourth-order valence-corrected chi connectivity index (χ4v) is 2.38. The van der Waals surface area contributed by atoms with Crippen LogP contribution < -0.4 is 10.1 Å². The first-order chi connectivity index (χ1) is 11.1. The molecule has 1 aromatic heterocycles. The van der Waals surface area contributed by atoms with Gasteiger partial charge >= 0.3 is 0 Å². The van der Waals surface area contributed by atoms with Crippen molar-refractivity contribution in [2.24, 2.45) is 0 Å². The van der Waals surface area contributed by atoms with Gasteiger partial charge in [-0.3, -0.25) is 4.79 Å². The number of furan rings is 1. The van der Waals surface area contributed by atoms with Crippen molar-refractivity contribution in [1.82, 2.24) is 5.32 Å². The highest BCUT2D eigenvalue weighted by atomic mass is 16.5. The van der Waals surface area contributed by atoms with E-state index in [1.807, 2.05) is 68.4 Å². The molecule has 118 valence electrons. The predicted octanol–water partition coefficient (Wildman–Crippen LogP) is 4.15. The highest BCUT2D eigenvalue weighted by molar-refractivity contribution is 6.01. The SMILES string of the molecule is CC(C)Oc1c(C(=O)NCc2ccccc2)oc2ccccc12. The van der Waals surface area contributed by atoms with Crippen LogP contribution in [-0.2, 0) is 6.54 Å². The van der Waals surface area contributed by atoms with Gasteiger partial charge in [0.05, 0.1) is 11.5 Å². The van der Waals surface area contributed by atoms with Crippen LogP contribution >= 0.6 is 0 Å². The summed E-state index contributed by atoms with van der Waals surface area (Å²) in [5, 5.41) is 3.69. The molecule has 0 aliphatic rings. The maximum absolute atomic E-state index is 12.5. The summed E-state index contributed by atoms with van der Waals surface area (Å²) in [5.41, 5.74) is 1.68. The molecular formula is C19H19NO3. The van der Waals surface area contributed by atoms with E-state index >= 15 is 0 Å². The summed E-state index contributed by atoms with van der Waals surface area (Å²) in [6.07, 6.45) is -0.0447. The number of para-hydroxylation sites is 1. The van der Waals surface area contributed by atoms with Crippen molar-refractivity contribution in [1.29, 1.82) is 0 Å². The van der Waals surface area contributed by atoms with Crippen LogP contribution in [0.3, 0.4) is 0 Å². The van der Waals surface area contributed by atoms with Gasteiger partial charge in [0.25, 0.3) is 5.91 Å². The van der Waals surface area contributed by atoms with Gasteiger partial charge < -0.3 is 14.5 Å². The lowest BCUT2D eigenvalue weighted by Gasteiger charge is -2.10. The van der Waals surface area contributed by atoms with Gasteiger partial charge in [-0.05, 0) is 31.5 Å². The van der Waals surface area contributed by atoms with Gasteiger partial charge in [0.2, 0.25) is 5.76 Å². The van der Waals surface area contributed by atoms with Gasteiger partial charge in [0, 0.05) is 6.54 Å². The van der Waals surface area contributed by atoms with Crippen LogP contribution in [0.4, 0.5) is 0 Å². The highest BCUT2D eigenvalue weighted by Crippen LogP contribution is 2.33. The Morgan fingerprint density at radius 1 is 1.09 bits per heavy atom. The largest absolute Gasteiger partial charge is 0.486 e. The van der Waals surface area contributed by atoms with E-state index in [0.29, 0.717) is 17.9 Å². The van der Waals surface area contributed by atoms with Crippen molar-refractivity contribution in [2.45, 2.75) is 26.5 Å². The van der Waals surface area contributed by atoms with Crippen LogP contribution in [0.2, 0.25) is 0 Å². The normalized spacial score (nSPS) is 10.9. The molecule has 1 N–H and O–H groups in total. The molecule has 0 atom stereocenters. The minimum Gasteiger partial charge on any atom is -0.486 e. The second-order valence-corrected chi connectivity index (χ2v) is 5.59. The molecule has 0 aliphatic carbocycles. The zero-order chi connectivity index (χ0) is 16.2. The van der Waals surface area contributed by atoms with Crippen LogP contribution in [0.15, 0.2) is 59.0 Å². The molecule has 4 nitrogen and oxygen atoms in total. The third-order valence-corrected chi connectivity index (χ3v) is 3.41. The number of carbonyl (C=O) groups is 1. The van der Waals surface area contributed by atoms with E-state index in [-0.39, 0.29) is 17.8 Å². The Balaban J connectivity index is 1.87. The zero-order valence-electron chi connectivity index (χ0n) is 13.2. The number of rotatable bonds is 5. The maximum Gasteiger partial charge on any atom is 0.291 e. The third-order valence-electron chi connectivity index (χ3n) is 3.41. The van der Waals surface area contributed by atoms with Gasteiger partial charge in [-0.2, -0.15) is 0 Å². The molecular weight excluding hydrogens is 290 g/mol. The maximum atomic E-state index is 12.5. The number of carbonyl (C=O) groups excluding carboxylic acids is 1. The predicted molar refractivity (Wildman–Crippen MR) is 89.6 cm³/mol. The molecule has 4 heteroatoms. The van der Waals surface area contributed by atoms with Crippen molar-refractivity contribution in [3.05, 3.63) is 65.9 Å². The van der Waals surface area contributed by atoms with Crippen molar-refractivity contribution in [3.63, 3.8) is 0 Å². The second-order valence-electron chi connectivity index (χ2n) is 5.59. The zero-order valence-corrected chi connectivity index (χ0v) is 13.2. The molecule has 0 bridgehead atoms. The van der Waals surface area contributed by atoms with E-state index in [4.69, 9.17) is 9.15 Å². The van der Waals surface area contributed by atoms with Crippen molar-refractivity contribution < 1.29 is 13.9 Å². The molecule has 3 rings (SSSR count). The summed E-state index contributed by atoms with van der Waals surface area (Å²) in [4.78, 5) is 12.5. The molecule has 0 spiro atoms. The van der Waals surface area contributed by atoms with Crippen LogP contribution in [-0.4, -0.2) is 12.0 Å². The summed E-state index contributed by atoms with van der Waals surface area (Å²) in [6.45, 7) is 4.29. The van der Waals surface area contributed by atoms with Crippen molar-refractivity contribution in [2.75, 3.05) is 0 Å². The molecule has 1 heterocycles. The average Bonchev–Trinajstić information content (AvgIpc) is 2.92. The number of fused-ring (bicyclic) bond motifs is 1. The minimum absolute atomic E-state index is 0.0447. The number of hydrogen-bond acceptors (Lipinski definition) is 3. The highest BCUT2D eigenvalue weighted by Gasteiger charge is 2.22. The summed E-state index contributed by atoms with van der Waals surface area (Å²) in [6, 6.07) is 17.2. The first-order valence-corrected chi connectivity index (χ1v) is 7.65. The minimum atomic E-state index is -0.277. The van der Waals surface area contributed by atoms with E-state index < -0.39 is 0 Å². The Bertz CT molecular complexity index is 806. The van der Waals surface area contributed by atoms with Crippen LogP contribution in [0.5, 0.6) is 5.75 Å². The van der Waals surface area contributed by atoms with Gasteiger partial charge in [-0.15, -0.1) is 0 Å². The fraction of sp³-hybridized carbons (Fsp3) is 0.211. The number of nitrogens with one attached hydrogen (secondary N) is 1. The van der Waals surface area contributed by atoms with E-state index in [0.717, 1.165) is 10.9 Å². The van der Waals surface area contributed by atoms with Gasteiger partial charge in [0.15, 0.2) is 5.75 Å². The molecule has 0 aliphatic heterocycles. The number of ether oxygens (including phenoxy) is 1. The van der Waals surface area contributed by atoms with Crippen LogP contribution in [0.1, 0.15) is 30.0 Å². The van der Waals surface area contributed by atoms with Gasteiger partial charge in [-0.25, -0.2) is 0 Å². The Morgan fingerprint density at radius 3 is 2.52 bits per heavy atom. The van der Waals surface area contributed by atoms with Crippen molar-refractivity contribution in [3.8, 4) is 5.75 Å². The first kappa shape index (κ1) is 15.2. The van der Waals surface area contributed by atoms with Gasteiger partial charge in [0.1, 0.15) is 5.58 Å². The second kappa shape index (κ2) is 6.57. The number of benzene rings is 2. The average molecular weight is 309 g/mol. The van der Waals surface area contributed by atoms with E-state index in [2.05, 4.69) is 5.32 Å². The summed E-state index contributed by atoms with van der Waals surface area (Å²) < 4.78 is 11.5. The summed E-state index contributed by atoms with van der Waals surface area (Å²) in [7, 11) is 0. The smallest absolute Gasteiger partial charge is 0.291 e. The third kappa shape index (κ3) is 3.37. The van der Waals surface area contributed by atoms with Crippen LogP contribution in [0, 0.1) is 0 Å². The molecule has 0 unspecified atom stereocenters.